The van der Waals surface area contributed by atoms with E-state index in [4.69, 9.17) is 14.2 Å². The van der Waals surface area contributed by atoms with Gasteiger partial charge < -0.3 is 19.1 Å². The van der Waals surface area contributed by atoms with Crippen molar-refractivity contribution in [1.82, 2.24) is 24.7 Å². The van der Waals surface area contributed by atoms with Crippen LogP contribution in [0.2, 0.25) is 0 Å². The molecule has 0 bridgehead atoms. The van der Waals surface area contributed by atoms with Gasteiger partial charge in [-0.3, -0.25) is 9.29 Å². The number of hydrogen-bond acceptors (Lipinski definition) is 10. The first kappa shape index (κ1) is 25.1. The molecule has 1 aromatic carbocycles. The molecule has 37 heavy (non-hydrogen) atoms. The van der Waals surface area contributed by atoms with Gasteiger partial charge in [0.25, 0.3) is 0 Å². The van der Waals surface area contributed by atoms with Crippen LogP contribution in [-0.4, -0.2) is 72.3 Å². The Morgan fingerprint density at radius 2 is 1.81 bits per heavy atom. The number of sulfonamides is 1. The first-order chi connectivity index (χ1) is 17.9. The van der Waals surface area contributed by atoms with Gasteiger partial charge in [-0.25, -0.2) is 22.8 Å². The fourth-order valence-electron chi connectivity index (χ4n) is 4.68. The lowest BCUT2D eigenvalue weighted by Crippen LogP contribution is -2.45. The van der Waals surface area contributed by atoms with Gasteiger partial charge >= 0.3 is 0 Å². The maximum atomic E-state index is 13.6. The molecule has 2 aliphatic rings. The fourth-order valence-corrected chi connectivity index (χ4v) is 6.08. The number of nitrogens with one attached hydrogen (secondary N) is 1. The third-order valence-corrected chi connectivity index (χ3v) is 8.20. The van der Waals surface area contributed by atoms with E-state index in [2.05, 4.69) is 24.9 Å². The lowest BCUT2D eigenvalue weighted by Gasteiger charge is -2.32. The molecule has 2 saturated heterocycles. The summed E-state index contributed by atoms with van der Waals surface area (Å²) in [6.45, 7) is 1.28. The summed E-state index contributed by atoms with van der Waals surface area (Å²) in [5, 5.41) is 7.73. The molecule has 0 radical (unpaired) electrons. The van der Waals surface area contributed by atoms with Gasteiger partial charge in [-0.05, 0) is 37.8 Å². The van der Waals surface area contributed by atoms with Crippen molar-refractivity contribution in [2.75, 3.05) is 43.5 Å². The Hall–Kier alpha value is -3.52. The van der Waals surface area contributed by atoms with Crippen molar-refractivity contribution >= 4 is 21.9 Å². The van der Waals surface area contributed by atoms with E-state index in [1.165, 1.54) is 14.2 Å². The van der Waals surface area contributed by atoms with E-state index in [1.807, 2.05) is 0 Å². The van der Waals surface area contributed by atoms with Crippen molar-refractivity contribution < 1.29 is 27.0 Å². The van der Waals surface area contributed by atoms with Crippen LogP contribution >= 0.6 is 0 Å². The highest BCUT2D eigenvalue weighted by Crippen LogP contribution is 2.39. The van der Waals surface area contributed by atoms with E-state index < -0.39 is 21.1 Å². The van der Waals surface area contributed by atoms with Gasteiger partial charge in [0.1, 0.15) is 23.3 Å². The Bertz CT molecular complexity index is 1320. The quantitative estimate of drug-likeness (QED) is 0.460. The van der Waals surface area contributed by atoms with E-state index in [0.717, 1.165) is 25.2 Å². The molecule has 2 fully saturated rings. The normalized spacial score (nSPS) is 20.1. The van der Waals surface area contributed by atoms with Crippen LogP contribution in [0.1, 0.15) is 37.6 Å². The second-order valence-corrected chi connectivity index (χ2v) is 10.7. The molecule has 1 N–H and O–H groups in total. The highest BCUT2D eigenvalue weighted by Gasteiger charge is 2.35. The molecule has 2 aromatic heterocycles. The average Bonchev–Trinajstić information content (AvgIpc) is 3.58. The van der Waals surface area contributed by atoms with Crippen LogP contribution < -0.4 is 19.1 Å². The molecule has 0 spiro atoms. The van der Waals surface area contributed by atoms with E-state index in [-0.39, 0.29) is 24.5 Å². The van der Waals surface area contributed by atoms with Crippen molar-refractivity contribution in [3.8, 4) is 17.2 Å². The summed E-state index contributed by atoms with van der Waals surface area (Å²) in [4.78, 5) is 9.73. The molecule has 0 unspecified atom stereocenters. The maximum absolute atomic E-state index is 13.6. The van der Waals surface area contributed by atoms with Crippen molar-refractivity contribution in [3.63, 3.8) is 0 Å². The zero-order valence-electron chi connectivity index (χ0n) is 20.5. The van der Waals surface area contributed by atoms with Gasteiger partial charge in [-0.15, -0.1) is 10.2 Å². The summed E-state index contributed by atoms with van der Waals surface area (Å²) in [6, 6.07) is 5.27. The number of rotatable bonds is 8. The zero-order valence-corrected chi connectivity index (χ0v) is 21.3. The largest absolute Gasteiger partial charge is 0.494 e. The molecule has 3 aromatic rings. The number of benzene rings is 1. The van der Waals surface area contributed by atoms with Gasteiger partial charge in [-0.1, -0.05) is 6.07 Å². The minimum Gasteiger partial charge on any atom is -0.494 e. The van der Waals surface area contributed by atoms with Crippen LogP contribution in [0.25, 0.3) is 5.69 Å². The van der Waals surface area contributed by atoms with Crippen LogP contribution in [0.4, 0.5) is 16.3 Å². The third kappa shape index (κ3) is 5.03. The Morgan fingerprint density at radius 3 is 2.46 bits per heavy atom. The number of nitrogens with zero attached hydrogens (tertiary/aromatic N) is 6. The second kappa shape index (κ2) is 10.5. The van der Waals surface area contributed by atoms with Gasteiger partial charge in [-0.2, -0.15) is 0 Å². The highest BCUT2D eigenvalue weighted by molar-refractivity contribution is 7.93. The first-order valence-electron chi connectivity index (χ1n) is 11.9. The number of anilines is 2. The van der Waals surface area contributed by atoms with E-state index in [9.17, 15) is 12.8 Å². The number of methoxy groups -OCH3 is 2. The summed E-state index contributed by atoms with van der Waals surface area (Å²) in [7, 11) is -0.892. The molecule has 14 heteroatoms. The Labute approximate surface area is 213 Å². The summed E-state index contributed by atoms with van der Waals surface area (Å²) in [5.74, 6) is 1.09. The van der Waals surface area contributed by atoms with E-state index in [1.54, 1.807) is 27.7 Å². The Kier molecular flexibility index (Phi) is 7.11. The van der Waals surface area contributed by atoms with Crippen LogP contribution in [0.3, 0.4) is 0 Å². The third-order valence-electron chi connectivity index (χ3n) is 6.47. The van der Waals surface area contributed by atoms with Crippen molar-refractivity contribution in [2.45, 2.75) is 37.0 Å². The lowest BCUT2D eigenvalue weighted by atomic mass is 10.1. The smallest absolute Gasteiger partial charge is 0.243 e. The van der Waals surface area contributed by atoms with Crippen molar-refractivity contribution in [3.05, 3.63) is 42.2 Å². The Morgan fingerprint density at radius 1 is 1.08 bits per heavy atom. The molecule has 2 atom stereocenters. The molecular formula is C23H28FN7O5S. The lowest BCUT2D eigenvalue weighted by molar-refractivity contribution is 0.103. The van der Waals surface area contributed by atoms with Crippen LogP contribution in [0.5, 0.6) is 11.5 Å². The van der Waals surface area contributed by atoms with Crippen LogP contribution in [-0.2, 0) is 14.8 Å². The second-order valence-electron chi connectivity index (χ2n) is 8.79. The molecule has 0 aliphatic carbocycles. The van der Waals surface area contributed by atoms with Crippen molar-refractivity contribution in [2.24, 2.45) is 0 Å². The SMILES string of the molecule is COc1cccc(OC)c1-n1c(NS(=O)(=O)[C@@H]2CCCN(c3ncc(F)cn3)C2)nnc1[C@@H]1CCCO1. The number of para-hydroxylation sites is 1. The predicted octanol–water partition coefficient (Wildman–Crippen LogP) is 2.48. The number of piperidine rings is 1. The van der Waals surface area contributed by atoms with Gasteiger partial charge in [0, 0.05) is 19.7 Å². The molecular weight excluding hydrogens is 505 g/mol. The van der Waals surface area contributed by atoms with Crippen molar-refractivity contribution in [1.29, 1.82) is 0 Å². The summed E-state index contributed by atoms with van der Waals surface area (Å²) >= 11 is 0. The molecule has 2 aliphatic heterocycles. The van der Waals surface area contributed by atoms with Gasteiger partial charge in [0.15, 0.2) is 11.6 Å². The molecule has 0 amide bonds. The topological polar surface area (TPSA) is 134 Å². The molecule has 0 saturated carbocycles. The fraction of sp³-hybridized carbons (Fsp3) is 0.478. The predicted molar refractivity (Wildman–Crippen MR) is 132 cm³/mol. The summed E-state index contributed by atoms with van der Waals surface area (Å²) < 4.78 is 61.7. The summed E-state index contributed by atoms with van der Waals surface area (Å²) in [6.07, 6.45) is 4.37. The molecule has 5 rings (SSSR count). The summed E-state index contributed by atoms with van der Waals surface area (Å²) in [5.41, 5.74) is 0.464. The van der Waals surface area contributed by atoms with E-state index >= 15 is 0 Å². The van der Waals surface area contributed by atoms with Crippen LogP contribution in [0, 0.1) is 5.82 Å². The monoisotopic (exact) mass is 533 g/mol. The Balaban J connectivity index is 1.50. The zero-order chi connectivity index (χ0) is 26.0. The van der Waals surface area contributed by atoms with Gasteiger partial charge in [0.2, 0.25) is 21.9 Å². The number of hydrogen-bond donors (Lipinski definition) is 1. The maximum Gasteiger partial charge on any atom is 0.243 e. The number of ether oxygens (including phenoxy) is 3. The number of aromatic nitrogens is 5. The highest BCUT2D eigenvalue weighted by atomic mass is 32.2. The first-order valence-corrected chi connectivity index (χ1v) is 13.5. The standard InChI is InChI=1S/C23H28FN7O5S/c1-34-17-7-3-8-18(35-2)20(17)31-21(19-9-5-11-36-19)27-28-23(31)29-37(32,33)16-6-4-10-30(14-16)22-25-12-15(24)13-26-22/h3,7-8,12-13,16,19H,4-6,9-11,14H2,1-2H3,(H,28,29)/t16-,19+/m1/s1. The molecule has 198 valence electrons. The molecule has 12 nitrogen and oxygen atoms in total. The van der Waals surface area contributed by atoms with Gasteiger partial charge in [0.05, 0.1) is 31.9 Å². The van der Waals surface area contributed by atoms with Crippen LogP contribution in [0.15, 0.2) is 30.6 Å². The molecule has 4 heterocycles. The average molecular weight is 534 g/mol. The minimum absolute atomic E-state index is 0.00320. The number of halogens is 1. The van der Waals surface area contributed by atoms with E-state index in [0.29, 0.717) is 49.0 Å². The minimum atomic E-state index is -3.93.